The number of aromatic nitrogens is 1. The summed E-state index contributed by atoms with van der Waals surface area (Å²) in [7, 11) is 0. The van der Waals surface area contributed by atoms with Crippen LogP contribution in [0.1, 0.15) is 85.0 Å². The van der Waals surface area contributed by atoms with Crippen LogP contribution in [0.15, 0.2) is 30.3 Å². The van der Waals surface area contributed by atoms with E-state index < -0.39 is 6.04 Å². The van der Waals surface area contributed by atoms with Crippen LogP contribution in [0, 0.1) is 12.3 Å². The Morgan fingerprint density at radius 1 is 1.13 bits per heavy atom. The van der Waals surface area contributed by atoms with Crippen molar-refractivity contribution in [1.82, 2.24) is 10.3 Å². The molecule has 0 aliphatic heterocycles. The quantitative estimate of drug-likeness (QED) is 0.533. The van der Waals surface area contributed by atoms with E-state index >= 15 is 0 Å². The monoisotopic (exact) mass is 423 g/mol. The molecule has 1 aromatic heterocycles. The van der Waals surface area contributed by atoms with Crippen LogP contribution in [0.2, 0.25) is 0 Å². The van der Waals surface area contributed by atoms with Gasteiger partial charge in [-0.1, -0.05) is 58.2 Å². The van der Waals surface area contributed by atoms with Gasteiger partial charge in [0, 0.05) is 23.4 Å². The van der Waals surface area contributed by atoms with Crippen molar-refractivity contribution in [3.05, 3.63) is 52.8 Å². The molecule has 3 N–H and O–H groups in total. The lowest BCUT2D eigenvalue weighted by Gasteiger charge is -2.28. The number of carbonyl (C=O) groups excluding carboxylic acids is 3. The van der Waals surface area contributed by atoms with Gasteiger partial charge in [-0.2, -0.15) is 0 Å². The van der Waals surface area contributed by atoms with Gasteiger partial charge in [-0.25, -0.2) is 0 Å². The number of H-pyrrole nitrogens is 1. The number of carbonyl (C=O) groups is 3. The maximum absolute atomic E-state index is 13.1. The second-order valence-electron chi connectivity index (χ2n) is 9.30. The minimum absolute atomic E-state index is 0.0698. The molecule has 0 fully saturated rings. The van der Waals surface area contributed by atoms with Crippen molar-refractivity contribution in [2.75, 3.05) is 5.32 Å². The van der Waals surface area contributed by atoms with E-state index in [1.54, 1.807) is 6.92 Å². The molecule has 0 saturated heterocycles. The molecular formula is C25H33N3O3. The predicted octanol–water partition coefficient (Wildman–Crippen LogP) is 4.80. The lowest BCUT2D eigenvalue weighted by Crippen LogP contribution is -2.44. The summed E-state index contributed by atoms with van der Waals surface area (Å²) < 4.78 is 0. The summed E-state index contributed by atoms with van der Waals surface area (Å²) in [6.07, 6.45) is 4.61. The molecule has 1 unspecified atom stereocenters. The van der Waals surface area contributed by atoms with Gasteiger partial charge in [0.15, 0.2) is 5.78 Å². The first-order valence-electron chi connectivity index (χ1n) is 11.1. The molecule has 1 aromatic carbocycles. The van der Waals surface area contributed by atoms with Gasteiger partial charge in [-0.3, -0.25) is 14.4 Å². The molecule has 2 aromatic rings. The SMILES string of the molecule is CCCCCC(NC(=O)c1[nH]c2c(c1C)C(=O)CC(C)(C)C2)C(=O)Nc1ccccc1. The van der Waals surface area contributed by atoms with Crippen LogP contribution in [0.3, 0.4) is 0 Å². The van der Waals surface area contributed by atoms with Crippen molar-refractivity contribution in [3.8, 4) is 0 Å². The minimum Gasteiger partial charge on any atom is -0.354 e. The molecule has 31 heavy (non-hydrogen) atoms. The summed E-state index contributed by atoms with van der Waals surface area (Å²) in [6.45, 7) is 8.02. The number of ketones is 1. The summed E-state index contributed by atoms with van der Waals surface area (Å²) in [5.74, 6) is -0.510. The van der Waals surface area contributed by atoms with Crippen LogP contribution in [-0.4, -0.2) is 28.6 Å². The maximum atomic E-state index is 13.1. The van der Waals surface area contributed by atoms with Crippen molar-refractivity contribution in [3.63, 3.8) is 0 Å². The highest BCUT2D eigenvalue weighted by atomic mass is 16.2. The highest BCUT2D eigenvalue weighted by Crippen LogP contribution is 2.36. The summed E-state index contributed by atoms with van der Waals surface area (Å²) >= 11 is 0. The molecule has 1 aliphatic rings. The van der Waals surface area contributed by atoms with Crippen LogP contribution >= 0.6 is 0 Å². The van der Waals surface area contributed by atoms with Crippen LogP contribution < -0.4 is 10.6 Å². The number of hydrogen-bond donors (Lipinski definition) is 3. The smallest absolute Gasteiger partial charge is 0.268 e. The molecule has 166 valence electrons. The van der Waals surface area contributed by atoms with Crippen molar-refractivity contribution >= 4 is 23.3 Å². The zero-order valence-corrected chi connectivity index (χ0v) is 18.9. The normalized spacial score (nSPS) is 15.8. The molecule has 0 bridgehead atoms. The van der Waals surface area contributed by atoms with E-state index in [1.165, 1.54) is 0 Å². The van der Waals surface area contributed by atoms with Crippen LogP contribution in [0.4, 0.5) is 5.69 Å². The van der Waals surface area contributed by atoms with Gasteiger partial charge in [0.2, 0.25) is 5.91 Å². The fraction of sp³-hybridized carbons (Fsp3) is 0.480. The predicted molar refractivity (Wildman–Crippen MR) is 122 cm³/mol. The molecule has 0 radical (unpaired) electrons. The molecule has 6 heteroatoms. The standard InChI is InChI=1S/C25H33N3O3/c1-5-6-8-13-18(23(30)26-17-11-9-7-10-12-17)28-24(31)22-16(2)21-19(27-22)14-25(3,4)15-20(21)29/h7,9-12,18,27H,5-6,8,13-15H2,1-4H3,(H,26,30)(H,28,31). The number of unbranched alkanes of at least 4 members (excludes halogenated alkanes) is 2. The third kappa shape index (κ3) is 5.43. The average Bonchev–Trinajstić information content (AvgIpc) is 3.03. The van der Waals surface area contributed by atoms with E-state index in [0.717, 1.165) is 31.4 Å². The Morgan fingerprint density at radius 2 is 1.84 bits per heavy atom. The van der Waals surface area contributed by atoms with E-state index in [-0.39, 0.29) is 23.0 Å². The first kappa shape index (κ1) is 22.8. The van der Waals surface area contributed by atoms with Crippen LogP contribution in [0.5, 0.6) is 0 Å². The third-order valence-electron chi connectivity index (χ3n) is 5.89. The molecule has 1 aliphatic carbocycles. The number of amides is 2. The number of aromatic amines is 1. The van der Waals surface area contributed by atoms with Gasteiger partial charge in [0.1, 0.15) is 11.7 Å². The maximum Gasteiger partial charge on any atom is 0.268 e. The Morgan fingerprint density at radius 3 is 2.52 bits per heavy atom. The Balaban J connectivity index is 1.79. The summed E-state index contributed by atoms with van der Waals surface area (Å²) in [5.41, 5.74) is 3.07. The largest absolute Gasteiger partial charge is 0.354 e. The average molecular weight is 424 g/mol. The first-order chi connectivity index (χ1) is 14.7. The van der Waals surface area contributed by atoms with Gasteiger partial charge < -0.3 is 15.6 Å². The molecule has 0 saturated carbocycles. The van der Waals surface area contributed by atoms with Gasteiger partial charge in [-0.05, 0) is 42.9 Å². The molecule has 1 atom stereocenters. The summed E-state index contributed by atoms with van der Waals surface area (Å²) in [5, 5.41) is 5.79. The van der Waals surface area contributed by atoms with Gasteiger partial charge in [0.05, 0.1) is 0 Å². The van der Waals surface area contributed by atoms with Crippen molar-refractivity contribution < 1.29 is 14.4 Å². The van der Waals surface area contributed by atoms with Gasteiger partial charge in [0.25, 0.3) is 5.91 Å². The van der Waals surface area contributed by atoms with Crippen LogP contribution in [0.25, 0.3) is 0 Å². The Kier molecular flexibility index (Phi) is 6.98. The molecule has 0 spiro atoms. The Bertz CT molecular complexity index is 960. The van der Waals surface area contributed by atoms with E-state index in [2.05, 4.69) is 36.4 Å². The minimum atomic E-state index is -0.647. The van der Waals surface area contributed by atoms with E-state index in [4.69, 9.17) is 0 Å². The topological polar surface area (TPSA) is 91.1 Å². The number of rotatable bonds is 8. The number of hydrogen-bond acceptors (Lipinski definition) is 3. The second kappa shape index (κ2) is 9.50. The number of nitrogens with one attached hydrogen (secondary N) is 3. The van der Waals surface area contributed by atoms with E-state index in [1.807, 2.05) is 30.3 Å². The first-order valence-corrected chi connectivity index (χ1v) is 11.1. The Labute approximate surface area is 184 Å². The Hall–Kier alpha value is -2.89. The summed E-state index contributed by atoms with van der Waals surface area (Å²) in [6, 6.07) is 8.58. The lowest BCUT2D eigenvalue weighted by molar-refractivity contribution is -0.118. The fourth-order valence-corrected chi connectivity index (χ4v) is 4.31. The second-order valence-corrected chi connectivity index (χ2v) is 9.30. The third-order valence-corrected chi connectivity index (χ3v) is 5.89. The zero-order chi connectivity index (χ0) is 22.6. The highest BCUT2D eigenvalue weighted by molar-refractivity contribution is 6.06. The number of anilines is 1. The lowest BCUT2D eigenvalue weighted by atomic mass is 9.75. The molecule has 6 nitrogen and oxygen atoms in total. The van der Waals surface area contributed by atoms with Gasteiger partial charge in [-0.15, -0.1) is 0 Å². The molecule has 1 heterocycles. The molecular weight excluding hydrogens is 390 g/mol. The highest BCUT2D eigenvalue weighted by Gasteiger charge is 2.35. The van der Waals surface area contributed by atoms with Crippen LogP contribution in [-0.2, 0) is 11.2 Å². The van der Waals surface area contributed by atoms with E-state index in [0.29, 0.717) is 35.3 Å². The molecule has 3 rings (SSSR count). The van der Waals surface area contributed by atoms with Crippen molar-refractivity contribution in [1.29, 1.82) is 0 Å². The fourth-order valence-electron chi connectivity index (χ4n) is 4.31. The molecule has 2 amide bonds. The van der Waals surface area contributed by atoms with E-state index in [9.17, 15) is 14.4 Å². The zero-order valence-electron chi connectivity index (χ0n) is 18.9. The van der Waals surface area contributed by atoms with Gasteiger partial charge >= 0.3 is 0 Å². The van der Waals surface area contributed by atoms with Crippen molar-refractivity contribution in [2.45, 2.75) is 72.3 Å². The number of para-hydroxylation sites is 1. The summed E-state index contributed by atoms with van der Waals surface area (Å²) in [4.78, 5) is 41.9. The number of fused-ring (bicyclic) bond motifs is 1. The number of Topliss-reactive ketones (excluding diaryl/α,β-unsaturated/α-hetero) is 1. The van der Waals surface area contributed by atoms with Crippen molar-refractivity contribution in [2.24, 2.45) is 5.41 Å². The number of benzene rings is 1.